The Morgan fingerprint density at radius 2 is 2.27 bits per heavy atom. The number of hydrogen-bond donors (Lipinski definition) is 0. The first kappa shape index (κ1) is 9.62. The molecule has 0 aliphatic carbocycles. The van der Waals surface area contributed by atoms with Gasteiger partial charge in [-0.1, -0.05) is 17.2 Å². The summed E-state index contributed by atoms with van der Waals surface area (Å²) in [7, 11) is 2.03. The van der Waals surface area contributed by atoms with Crippen molar-refractivity contribution in [1.29, 1.82) is 0 Å². The van der Waals surface area contributed by atoms with E-state index >= 15 is 0 Å². The van der Waals surface area contributed by atoms with Gasteiger partial charge in [-0.3, -0.25) is 0 Å². The minimum Gasteiger partial charge on any atom is -0.351 e. The van der Waals surface area contributed by atoms with Crippen LogP contribution in [0.3, 0.4) is 0 Å². The smallest absolute Gasteiger partial charge is 0.0480 e. The van der Waals surface area contributed by atoms with Crippen LogP contribution >= 0.6 is 0 Å². The summed E-state index contributed by atoms with van der Waals surface area (Å²) in [5.41, 5.74) is 10.6. The molecule has 0 N–H and O–H groups in total. The summed E-state index contributed by atoms with van der Waals surface area (Å²) in [6, 6.07) is 8.41. The topological polar surface area (TPSA) is 53.7 Å². The third kappa shape index (κ3) is 1.95. The van der Waals surface area contributed by atoms with Crippen LogP contribution in [0.1, 0.15) is 5.56 Å². The highest BCUT2D eigenvalue weighted by Gasteiger charge is 1.99. The van der Waals surface area contributed by atoms with Crippen LogP contribution in [0.2, 0.25) is 0 Å². The third-order valence-electron chi connectivity index (χ3n) is 2.52. The fraction of sp³-hybridized carbons (Fsp3) is 0.273. The van der Waals surface area contributed by atoms with E-state index in [0.29, 0.717) is 6.54 Å². The van der Waals surface area contributed by atoms with Crippen LogP contribution in [0.4, 0.5) is 0 Å². The van der Waals surface area contributed by atoms with Gasteiger partial charge in [0.2, 0.25) is 0 Å². The lowest BCUT2D eigenvalue weighted by Crippen LogP contribution is -1.90. The Kier molecular flexibility index (Phi) is 2.61. The molecule has 1 aromatic heterocycles. The lowest BCUT2D eigenvalue weighted by Gasteiger charge is -2.00. The van der Waals surface area contributed by atoms with E-state index < -0.39 is 0 Å². The van der Waals surface area contributed by atoms with Gasteiger partial charge in [0.05, 0.1) is 0 Å². The normalized spacial score (nSPS) is 10.2. The van der Waals surface area contributed by atoms with Gasteiger partial charge < -0.3 is 4.57 Å². The van der Waals surface area contributed by atoms with Crippen molar-refractivity contribution in [3.63, 3.8) is 0 Å². The molecule has 15 heavy (non-hydrogen) atoms. The molecule has 0 atom stereocenters. The van der Waals surface area contributed by atoms with Crippen LogP contribution in [0.25, 0.3) is 21.3 Å². The second-order valence-electron chi connectivity index (χ2n) is 3.52. The molecule has 0 aliphatic rings. The average molecular weight is 200 g/mol. The molecule has 0 aliphatic heterocycles. The van der Waals surface area contributed by atoms with E-state index in [1.165, 1.54) is 16.5 Å². The molecular formula is C11H12N4. The molecule has 2 aromatic rings. The summed E-state index contributed by atoms with van der Waals surface area (Å²) in [6.07, 6.45) is 2.84. The van der Waals surface area contributed by atoms with E-state index in [2.05, 4.69) is 38.9 Å². The maximum Gasteiger partial charge on any atom is 0.0480 e. The Bertz CT molecular complexity index is 520. The highest BCUT2D eigenvalue weighted by molar-refractivity contribution is 5.80. The van der Waals surface area contributed by atoms with E-state index in [9.17, 15) is 0 Å². The summed E-state index contributed by atoms with van der Waals surface area (Å²) in [5, 5.41) is 4.77. The van der Waals surface area contributed by atoms with Crippen LogP contribution in [-0.2, 0) is 13.5 Å². The van der Waals surface area contributed by atoms with Crippen LogP contribution in [0, 0.1) is 0 Å². The molecule has 4 heteroatoms. The third-order valence-corrected chi connectivity index (χ3v) is 2.52. The summed E-state index contributed by atoms with van der Waals surface area (Å²) in [6.45, 7) is 0.520. The number of aryl methyl sites for hydroxylation is 1. The van der Waals surface area contributed by atoms with E-state index in [0.717, 1.165) is 6.42 Å². The number of aromatic nitrogens is 1. The minimum atomic E-state index is 0.520. The van der Waals surface area contributed by atoms with Crippen LogP contribution < -0.4 is 0 Å². The first-order valence-electron chi connectivity index (χ1n) is 4.86. The molecule has 0 unspecified atom stereocenters. The van der Waals surface area contributed by atoms with Crippen molar-refractivity contribution in [2.24, 2.45) is 12.2 Å². The largest absolute Gasteiger partial charge is 0.351 e. The van der Waals surface area contributed by atoms with Crippen molar-refractivity contribution in [3.05, 3.63) is 46.5 Å². The standard InChI is InChI=1S/C11H12N4/c1-15-7-5-10-3-2-9(8-11(10)15)4-6-13-14-12/h2-3,5,7-8H,4,6H2,1H3. The van der Waals surface area contributed by atoms with Crippen molar-refractivity contribution < 1.29 is 0 Å². The van der Waals surface area contributed by atoms with Gasteiger partial charge in [-0.2, -0.15) is 0 Å². The second kappa shape index (κ2) is 4.07. The van der Waals surface area contributed by atoms with Gasteiger partial charge in [-0.05, 0) is 35.0 Å². The van der Waals surface area contributed by atoms with Crippen molar-refractivity contribution >= 4 is 10.9 Å². The average Bonchev–Trinajstić information content (AvgIpc) is 2.61. The number of azide groups is 1. The quantitative estimate of drug-likeness (QED) is 0.415. The highest BCUT2D eigenvalue weighted by atomic mass is 15.1. The van der Waals surface area contributed by atoms with Crippen LogP contribution in [0.15, 0.2) is 35.6 Å². The lowest BCUT2D eigenvalue weighted by molar-refractivity contribution is 0.945. The summed E-state index contributed by atoms with van der Waals surface area (Å²) < 4.78 is 2.09. The Balaban J connectivity index is 2.29. The van der Waals surface area contributed by atoms with Gasteiger partial charge in [0.1, 0.15) is 0 Å². The molecule has 0 radical (unpaired) electrons. The van der Waals surface area contributed by atoms with E-state index in [1.54, 1.807) is 0 Å². The Morgan fingerprint density at radius 1 is 1.40 bits per heavy atom. The Hall–Kier alpha value is -1.93. The zero-order chi connectivity index (χ0) is 10.7. The molecule has 1 heterocycles. The zero-order valence-corrected chi connectivity index (χ0v) is 8.59. The summed E-state index contributed by atoms with van der Waals surface area (Å²) in [5.74, 6) is 0. The van der Waals surface area contributed by atoms with Gasteiger partial charge in [-0.25, -0.2) is 0 Å². The highest BCUT2D eigenvalue weighted by Crippen LogP contribution is 2.16. The van der Waals surface area contributed by atoms with Crippen molar-refractivity contribution in [2.45, 2.75) is 6.42 Å². The predicted molar refractivity (Wildman–Crippen MR) is 60.6 cm³/mol. The molecule has 1 aromatic carbocycles. The van der Waals surface area contributed by atoms with E-state index in [1.807, 2.05) is 13.2 Å². The molecule has 4 nitrogen and oxygen atoms in total. The molecule has 0 bridgehead atoms. The molecular weight excluding hydrogens is 188 g/mol. The van der Waals surface area contributed by atoms with Gasteiger partial charge in [-0.15, -0.1) is 0 Å². The summed E-state index contributed by atoms with van der Waals surface area (Å²) >= 11 is 0. The van der Waals surface area contributed by atoms with Crippen LogP contribution in [0.5, 0.6) is 0 Å². The van der Waals surface area contributed by atoms with Crippen LogP contribution in [-0.4, -0.2) is 11.1 Å². The van der Waals surface area contributed by atoms with E-state index in [-0.39, 0.29) is 0 Å². The van der Waals surface area contributed by atoms with Gasteiger partial charge >= 0.3 is 0 Å². The van der Waals surface area contributed by atoms with E-state index in [4.69, 9.17) is 5.53 Å². The first-order chi connectivity index (χ1) is 7.31. The van der Waals surface area contributed by atoms with Crippen molar-refractivity contribution in [2.75, 3.05) is 6.54 Å². The Morgan fingerprint density at radius 3 is 3.07 bits per heavy atom. The number of nitrogens with zero attached hydrogens (tertiary/aromatic N) is 4. The monoisotopic (exact) mass is 200 g/mol. The molecule has 0 saturated carbocycles. The molecule has 0 spiro atoms. The Labute approximate surface area is 87.8 Å². The molecule has 0 saturated heterocycles. The van der Waals surface area contributed by atoms with Gasteiger partial charge in [0, 0.05) is 30.2 Å². The molecule has 76 valence electrons. The SMILES string of the molecule is Cn1ccc2ccc(CCN=[N+]=[N-])cc21. The molecule has 2 rings (SSSR count). The number of rotatable bonds is 3. The maximum atomic E-state index is 8.18. The second-order valence-corrected chi connectivity index (χ2v) is 3.52. The number of hydrogen-bond acceptors (Lipinski definition) is 1. The van der Waals surface area contributed by atoms with Gasteiger partial charge in [0.25, 0.3) is 0 Å². The van der Waals surface area contributed by atoms with Crippen molar-refractivity contribution in [1.82, 2.24) is 4.57 Å². The zero-order valence-electron chi connectivity index (χ0n) is 8.59. The van der Waals surface area contributed by atoms with Crippen molar-refractivity contribution in [3.8, 4) is 0 Å². The summed E-state index contributed by atoms with van der Waals surface area (Å²) in [4.78, 5) is 2.74. The molecule has 0 amide bonds. The number of fused-ring (bicyclic) bond motifs is 1. The first-order valence-corrected chi connectivity index (χ1v) is 4.86. The predicted octanol–water partition coefficient (Wildman–Crippen LogP) is 3.03. The lowest BCUT2D eigenvalue weighted by atomic mass is 10.1. The minimum absolute atomic E-state index is 0.520. The molecule has 0 fully saturated rings. The van der Waals surface area contributed by atoms with Gasteiger partial charge in [0.15, 0.2) is 0 Å². The number of benzene rings is 1. The fourth-order valence-electron chi connectivity index (χ4n) is 1.69. The fourth-order valence-corrected chi connectivity index (χ4v) is 1.69. The maximum absolute atomic E-state index is 8.18.